The van der Waals surface area contributed by atoms with Crippen LogP contribution in [-0.2, 0) is 19.1 Å². The van der Waals surface area contributed by atoms with E-state index in [0.29, 0.717) is 0 Å². The SMILES string of the molecule is COC(=O)[C@H]1CC(N=[N+]=[N-])NC1OC(=O)C(C)(C)C. The third-order valence-corrected chi connectivity index (χ3v) is 2.74. The number of hydrogen-bond acceptors (Lipinski definition) is 6. The Labute approximate surface area is 111 Å². The van der Waals surface area contributed by atoms with Crippen LogP contribution in [0.15, 0.2) is 5.11 Å². The zero-order valence-electron chi connectivity index (χ0n) is 11.4. The highest BCUT2D eigenvalue weighted by Crippen LogP contribution is 2.26. The van der Waals surface area contributed by atoms with Gasteiger partial charge in [0.05, 0.1) is 18.7 Å². The van der Waals surface area contributed by atoms with Gasteiger partial charge in [0.1, 0.15) is 5.92 Å². The van der Waals surface area contributed by atoms with Gasteiger partial charge in [-0.15, -0.1) is 0 Å². The predicted octanol–water partition coefficient (Wildman–Crippen LogP) is 1.32. The van der Waals surface area contributed by atoms with E-state index in [9.17, 15) is 9.59 Å². The van der Waals surface area contributed by atoms with E-state index >= 15 is 0 Å². The molecule has 0 amide bonds. The molecule has 0 saturated carbocycles. The number of ether oxygens (including phenoxy) is 2. The number of methoxy groups -OCH3 is 1. The molecule has 19 heavy (non-hydrogen) atoms. The zero-order chi connectivity index (χ0) is 14.6. The smallest absolute Gasteiger partial charge is 0.313 e. The van der Waals surface area contributed by atoms with Crippen molar-refractivity contribution in [2.24, 2.45) is 16.4 Å². The Bertz CT molecular complexity index is 411. The molecule has 106 valence electrons. The minimum absolute atomic E-state index is 0.235. The number of carbonyl (C=O) groups is 2. The Morgan fingerprint density at radius 2 is 2.05 bits per heavy atom. The number of nitrogens with one attached hydrogen (secondary N) is 1. The number of carbonyl (C=O) groups excluding carboxylic acids is 2. The van der Waals surface area contributed by atoms with Gasteiger partial charge in [0.2, 0.25) is 0 Å². The van der Waals surface area contributed by atoms with Gasteiger partial charge in [0.25, 0.3) is 0 Å². The van der Waals surface area contributed by atoms with Gasteiger partial charge in [-0.2, -0.15) is 0 Å². The van der Waals surface area contributed by atoms with Gasteiger partial charge in [0.15, 0.2) is 6.23 Å². The second-order valence-electron chi connectivity index (χ2n) is 5.33. The molecule has 0 spiro atoms. The fraction of sp³-hybridized carbons (Fsp3) is 0.818. The maximum atomic E-state index is 11.8. The summed E-state index contributed by atoms with van der Waals surface area (Å²) >= 11 is 0. The molecule has 1 heterocycles. The van der Waals surface area contributed by atoms with Crippen LogP contribution in [0.5, 0.6) is 0 Å². The van der Waals surface area contributed by atoms with Crippen LogP contribution in [0.3, 0.4) is 0 Å². The second kappa shape index (κ2) is 5.90. The monoisotopic (exact) mass is 270 g/mol. The lowest BCUT2D eigenvalue weighted by molar-refractivity contribution is -0.166. The molecule has 1 fully saturated rings. The van der Waals surface area contributed by atoms with Crippen molar-refractivity contribution in [3.8, 4) is 0 Å². The average Bonchev–Trinajstić information content (AvgIpc) is 2.70. The molecule has 1 aliphatic rings. The molecular weight excluding hydrogens is 252 g/mol. The molecule has 3 atom stereocenters. The highest BCUT2D eigenvalue weighted by Gasteiger charge is 2.42. The molecule has 0 radical (unpaired) electrons. The van der Waals surface area contributed by atoms with Crippen molar-refractivity contribution >= 4 is 11.9 Å². The molecule has 0 aromatic carbocycles. The molecule has 8 heteroatoms. The lowest BCUT2D eigenvalue weighted by Crippen LogP contribution is -2.40. The van der Waals surface area contributed by atoms with E-state index in [1.54, 1.807) is 20.8 Å². The van der Waals surface area contributed by atoms with E-state index in [1.807, 2.05) is 0 Å². The Balaban J connectivity index is 2.80. The number of azide groups is 1. The van der Waals surface area contributed by atoms with Crippen LogP contribution in [-0.4, -0.2) is 31.4 Å². The van der Waals surface area contributed by atoms with Gasteiger partial charge >= 0.3 is 11.9 Å². The van der Waals surface area contributed by atoms with Crippen LogP contribution in [0, 0.1) is 11.3 Å². The van der Waals surface area contributed by atoms with E-state index in [1.165, 1.54) is 7.11 Å². The number of hydrogen-bond donors (Lipinski definition) is 1. The first kappa shape index (κ1) is 15.3. The first-order chi connectivity index (χ1) is 8.79. The van der Waals surface area contributed by atoms with E-state index in [0.717, 1.165) is 0 Å². The Kier molecular flexibility index (Phi) is 4.74. The van der Waals surface area contributed by atoms with Gasteiger partial charge < -0.3 is 9.47 Å². The maximum absolute atomic E-state index is 11.8. The number of esters is 2. The Morgan fingerprint density at radius 3 is 2.53 bits per heavy atom. The molecule has 0 aromatic rings. The van der Waals surface area contributed by atoms with Gasteiger partial charge in [-0.05, 0) is 32.7 Å². The summed E-state index contributed by atoms with van der Waals surface area (Å²) in [4.78, 5) is 26.1. The highest BCUT2D eigenvalue weighted by atomic mass is 16.6. The summed E-state index contributed by atoms with van der Waals surface area (Å²) in [6, 6.07) is 0. The van der Waals surface area contributed by atoms with Crippen LogP contribution >= 0.6 is 0 Å². The normalized spacial score (nSPS) is 26.4. The third kappa shape index (κ3) is 3.84. The molecule has 1 aliphatic heterocycles. The molecular formula is C11H18N4O4. The first-order valence-corrected chi connectivity index (χ1v) is 5.88. The van der Waals surface area contributed by atoms with Crippen LogP contribution in [0.4, 0.5) is 0 Å². The molecule has 2 unspecified atom stereocenters. The van der Waals surface area contributed by atoms with Crippen molar-refractivity contribution in [1.29, 1.82) is 0 Å². The fourth-order valence-electron chi connectivity index (χ4n) is 1.66. The van der Waals surface area contributed by atoms with Gasteiger partial charge in [0, 0.05) is 4.91 Å². The Morgan fingerprint density at radius 1 is 1.42 bits per heavy atom. The second-order valence-corrected chi connectivity index (χ2v) is 5.33. The van der Waals surface area contributed by atoms with Crippen LogP contribution in [0.1, 0.15) is 27.2 Å². The van der Waals surface area contributed by atoms with Crippen molar-refractivity contribution < 1.29 is 19.1 Å². The van der Waals surface area contributed by atoms with Crippen molar-refractivity contribution in [2.45, 2.75) is 39.6 Å². The lowest BCUT2D eigenvalue weighted by atomic mass is 9.97. The highest BCUT2D eigenvalue weighted by molar-refractivity contribution is 5.77. The van der Waals surface area contributed by atoms with Crippen molar-refractivity contribution in [2.75, 3.05) is 7.11 Å². The summed E-state index contributed by atoms with van der Waals surface area (Å²) in [5.41, 5.74) is 7.72. The lowest BCUT2D eigenvalue weighted by Gasteiger charge is -2.23. The summed E-state index contributed by atoms with van der Waals surface area (Å²) in [5.74, 6) is -1.62. The molecule has 0 aromatic heterocycles. The quantitative estimate of drug-likeness (QED) is 0.359. The summed E-state index contributed by atoms with van der Waals surface area (Å²) in [7, 11) is 1.26. The van der Waals surface area contributed by atoms with E-state index in [-0.39, 0.29) is 6.42 Å². The van der Waals surface area contributed by atoms with Gasteiger partial charge in [-0.1, -0.05) is 5.11 Å². The molecule has 1 N–H and O–H groups in total. The Hall–Kier alpha value is -1.79. The van der Waals surface area contributed by atoms with E-state index in [2.05, 4.69) is 20.1 Å². The molecule has 0 aliphatic carbocycles. The maximum Gasteiger partial charge on any atom is 0.313 e. The van der Waals surface area contributed by atoms with Crippen molar-refractivity contribution in [3.63, 3.8) is 0 Å². The summed E-state index contributed by atoms with van der Waals surface area (Å²) in [6.07, 6.45) is -1.19. The minimum atomic E-state index is -0.838. The van der Waals surface area contributed by atoms with E-state index < -0.39 is 35.7 Å². The summed E-state index contributed by atoms with van der Waals surface area (Å²) in [5, 5.41) is 6.28. The molecule has 0 bridgehead atoms. The predicted molar refractivity (Wildman–Crippen MR) is 65.5 cm³/mol. The summed E-state index contributed by atoms with van der Waals surface area (Å²) < 4.78 is 9.91. The van der Waals surface area contributed by atoms with Crippen LogP contribution in [0.25, 0.3) is 10.4 Å². The topological polar surface area (TPSA) is 113 Å². The van der Waals surface area contributed by atoms with Gasteiger partial charge in [-0.3, -0.25) is 14.9 Å². The van der Waals surface area contributed by atoms with Crippen LogP contribution < -0.4 is 5.32 Å². The van der Waals surface area contributed by atoms with Gasteiger partial charge in [-0.25, -0.2) is 0 Å². The van der Waals surface area contributed by atoms with Crippen LogP contribution in [0.2, 0.25) is 0 Å². The van der Waals surface area contributed by atoms with Crippen molar-refractivity contribution in [1.82, 2.24) is 5.32 Å². The number of nitrogens with zero attached hydrogens (tertiary/aromatic N) is 3. The van der Waals surface area contributed by atoms with E-state index in [4.69, 9.17) is 10.3 Å². The zero-order valence-corrected chi connectivity index (χ0v) is 11.4. The van der Waals surface area contributed by atoms with Crippen molar-refractivity contribution in [3.05, 3.63) is 10.4 Å². The largest absolute Gasteiger partial charge is 0.469 e. The first-order valence-electron chi connectivity index (χ1n) is 5.88. The standard InChI is InChI=1S/C11H18N4O4/c1-11(2,3)10(17)19-8-6(9(16)18-4)5-7(13-8)14-15-12/h6-8,13H,5H2,1-4H3/t6-,7?,8?/m0/s1. The molecule has 1 saturated heterocycles. The fourth-order valence-corrected chi connectivity index (χ4v) is 1.66. The number of rotatable bonds is 3. The minimum Gasteiger partial charge on any atom is -0.469 e. The third-order valence-electron chi connectivity index (χ3n) is 2.74. The average molecular weight is 270 g/mol. The molecule has 1 rings (SSSR count). The summed E-state index contributed by atoms with van der Waals surface area (Å²) in [6.45, 7) is 5.13. The molecule has 8 nitrogen and oxygen atoms in total.